The number of hydrogen-bond donors (Lipinski definition) is 1. The lowest BCUT2D eigenvalue weighted by molar-refractivity contribution is 0.122. The van der Waals surface area contributed by atoms with Crippen LogP contribution in [0.25, 0.3) is 20.1 Å². The molecule has 6 nitrogen and oxygen atoms in total. The van der Waals surface area contributed by atoms with Crippen molar-refractivity contribution in [2.45, 2.75) is 0 Å². The van der Waals surface area contributed by atoms with Crippen LogP contribution in [-0.2, 0) is 4.74 Å². The van der Waals surface area contributed by atoms with E-state index in [1.165, 1.54) is 17.0 Å². The molecule has 0 bridgehead atoms. The Hall–Kier alpha value is -2.81. The van der Waals surface area contributed by atoms with Crippen molar-refractivity contribution in [1.82, 2.24) is 4.98 Å². The molecule has 0 amide bonds. The van der Waals surface area contributed by atoms with Gasteiger partial charge in [0.2, 0.25) is 0 Å². The molecule has 0 atom stereocenters. The van der Waals surface area contributed by atoms with Crippen LogP contribution >= 0.6 is 22.7 Å². The number of aromatic hydroxyl groups is 1. The van der Waals surface area contributed by atoms with Gasteiger partial charge in [0.05, 0.1) is 23.6 Å². The predicted octanol–water partition coefficient (Wildman–Crippen LogP) is 5.98. The van der Waals surface area contributed by atoms with Crippen LogP contribution in [0.2, 0.25) is 0 Å². The molecule has 1 fully saturated rings. The summed E-state index contributed by atoms with van der Waals surface area (Å²) in [6, 6.07) is 17.3. The summed E-state index contributed by atoms with van der Waals surface area (Å²) in [5.74, 6) is 0.218. The van der Waals surface area contributed by atoms with Crippen molar-refractivity contribution in [3.05, 3.63) is 54.6 Å². The molecule has 4 aromatic rings. The highest BCUT2D eigenvalue weighted by Gasteiger charge is 2.13. The molecule has 146 valence electrons. The lowest BCUT2D eigenvalue weighted by atomic mass is 10.2. The molecule has 2 aromatic carbocycles. The summed E-state index contributed by atoms with van der Waals surface area (Å²) in [5.41, 5.74) is 3.06. The van der Waals surface area contributed by atoms with E-state index in [1.807, 2.05) is 6.07 Å². The molecule has 5 rings (SSSR count). The molecule has 0 aliphatic carbocycles. The van der Waals surface area contributed by atoms with Gasteiger partial charge in [-0.2, -0.15) is 0 Å². The first-order valence-electron chi connectivity index (χ1n) is 9.29. The van der Waals surface area contributed by atoms with Gasteiger partial charge in [0.1, 0.15) is 20.6 Å². The number of morpholine rings is 1. The zero-order valence-electron chi connectivity index (χ0n) is 15.5. The maximum atomic E-state index is 9.33. The second-order valence-electron chi connectivity index (χ2n) is 6.64. The summed E-state index contributed by atoms with van der Waals surface area (Å²) in [7, 11) is 0. The molecule has 1 aliphatic heterocycles. The molecule has 2 aromatic heterocycles. The van der Waals surface area contributed by atoms with E-state index in [-0.39, 0.29) is 5.75 Å². The second-order valence-corrected chi connectivity index (χ2v) is 8.68. The van der Waals surface area contributed by atoms with E-state index in [2.05, 4.69) is 39.4 Å². The number of phenolic OH excluding ortho intramolecular Hbond substituents is 1. The number of rotatable bonds is 4. The Bertz CT molecular complexity index is 1110. The maximum absolute atomic E-state index is 9.33. The molecule has 1 N–H and O–H groups in total. The number of nitrogens with zero attached hydrogens (tertiary/aromatic N) is 4. The van der Waals surface area contributed by atoms with E-state index in [9.17, 15) is 5.11 Å². The Morgan fingerprint density at radius 1 is 0.931 bits per heavy atom. The van der Waals surface area contributed by atoms with Gasteiger partial charge in [0, 0.05) is 24.3 Å². The highest BCUT2D eigenvalue weighted by atomic mass is 32.1. The summed E-state index contributed by atoms with van der Waals surface area (Å²) < 4.78 is 6.54. The van der Waals surface area contributed by atoms with Crippen LogP contribution in [0.1, 0.15) is 0 Å². The van der Waals surface area contributed by atoms with Crippen LogP contribution in [0.4, 0.5) is 16.4 Å². The topological polar surface area (TPSA) is 70.3 Å². The van der Waals surface area contributed by atoms with Gasteiger partial charge in [-0.25, -0.2) is 4.98 Å². The first kappa shape index (κ1) is 18.2. The van der Waals surface area contributed by atoms with Crippen molar-refractivity contribution in [2.24, 2.45) is 10.2 Å². The Morgan fingerprint density at radius 3 is 2.41 bits per heavy atom. The fraction of sp³-hybridized carbons (Fsp3) is 0.190. The molecular weight excluding hydrogens is 404 g/mol. The zero-order valence-corrected chi connectivity index (χ0v) is 17.1. The van der Waals surface area contributed by atoms with E-state index in [1.54, 1.807) is 35.6 Å². The Kier molecular flexibility index (Phi) is 4.97. The van der Waals surface area contributed by atoms with Gasteiger partial charge in [-0.15, -0.1) is 21.6 Å². The highest BCUT2D eigenvalue weighted by Crippen LogP contribution is 2.39. The van der Waals surface area contributed by atoms with Crippen molar-refractivity contribution in [2.75, 3.05) is 31.2 Å². The number of phenols is 1. The number of anilines is 1. The minimum absolute atomic E-state index is 0.218. The third-order valence-electron chi connectivity index (χ3n) is 4.68. The van der Waals surface area contributed by atoms with E-state index in [0.29, 0.717) is 5.69 Å². The van der Waals surface area contributed by atoms with Gasteiger partial charge in [-0.05, 0) is 54.6 Å². The molecule has 0 radical (unpaired) electrons. The number of hydrogen-bond acceptors (Lipinski definition) is 8. The Morgan fingerprint density at radius 2 is 1.69 bits per heavy atom. The summed E-state index contributed by atoms with van der Waals surface area (Å²) in [6.07, 6.45) is 0. The van der Waals surface area contributed by atoms with Gasteiger partial charge in [0.25, 0.3) is 0 Å². The van der Waals surface area contributed by atoms with Gasteiger partial charge >= 0.3 is 0 Å². The van der Waals surface area contributed by atoms with Crippen LogP contribution in [0.5, 0.6) is 5.75 Å². The van der Waals surface area contributed by atoms with Crippen molar-refractivity contribution in [3.8, 4) is 16.3 Å². The van der Waals surface area contributed by atoms with Crippen LogP contribution in [0.3, 0.4) is 0 Å². The van der Waals surface area contributed by atoms with E-state index in [4.69, 9.17) is 9.72 Å². The number of azo groups is 1. The SMILES string of the molecule is Oc1ccc(N=Nc2cc3sc(-c4ccc(N5CCOCC5)cc4)nc3s2)cc1. The Labute approximate surface area is 175 Å². The molecular formula is C21H18N4O2S2. The average Bonchev–Trinajstić information content (AvgIpc) is 3.33. The number of ether oxygens (including phenoxy) is 1. The summed E-state index contributed by atoms with van der Waals surface area (Å²) in [6.45, 7) is 3.45. The monoisotopic (exact) mass is 422 g/mol. The minimum Gasteiger partial charge on any atom is -0.508 e. The van der Waals surface area contributed by atoms with Crippen LogP contribution in [0.15, 0.2) is 64.8 Å². The van der Waals surface area contributed by atoms with E-state index in [0.717, 1.165) is 51.4 Å². The highest BCUT2D eigenvalue weighted by molar-refractivity contribution is 7.30. The fourth-order valence-electron chi connectivity index (χ4n) is 3.16. The number of aromatic nitrogens is 1. The van der Waals surface area contributed by atoms with Crippen molar-refractivity contribution in [3.63, 3.8) is 0 Å². The number of benzene rings is 2. The predicted molar refractivity (Wildman–Crippen MR) is 118 cm³/mol. The van der Waals surface area contributed by atoms with Gasteiger partial charge in [-0.3, -0.25) is 0 Å². The number of fused-ring (bicyclic) bond motifs is 1. The first-order valence-corrected chi connectivity index (χ1v) is 10.9. The van der Waals surface area contributed by atoms with E-state index < -0.39 is 0 Å². The third kappa shape index (κ3) is 4.00. The zero-order chi connectivity index (χ0) is 19.6. The summed E-state index contributed by atoms with van der Waals surface area (Å²) >= 11 is 3.20. The second kappa shape index (κ2) is 7.90. The normalized spacial score (nSPS) is 14.8. The average molecular weight is 423 g/mol. The van der Waals surface area contributed by atoms with Gasteiger partial charge in [-0.1, -0.05) is 11.3 Å². The van der Waals surface area contributed by atoms with Crippen molar-refractivity contribution >= 4 is 48.6 Å². The van der Waals surface area contributed by atoms with E-state index >= 15 is 0 Å². The van der Waals surface area contributed by atoms with Gasteiger partial charge < -0.3 is 14.7 Å². The molecule has 1 saturated heterocycles. The smallest absolute Gasteiger partial charge is 0.142 e. The lowest BCUT2D eigenvalue weighted by Crippen LogP contribution is -2.36. The molecule has 0 unspecified atom stereocenters. The van der Waals surface area contributed by atoms with Crippen LogP contribution < -0.4 is 4.90 Å². The third-order valence-corrected chi connectivity index (χ3v) is 6.77. The quantitative estimate of drug-likeness (QED) is 0.411. The van der Waals surface area contributed by atoms with Gasteiger partial charge in [0.15, 0.2) is 0 Å². The molecule has 8 heteroatoms. The first-order chi connectivity index (χ1) is 14.2. The largest absolute Gasteiger partial charge is 0.508 e. The van der Waals surface area contributed by atoms with Crippen molar-refractivity contribution in [1.29, 1.82) is 0 Å². The molecule has 1 aliphatic rings. The van der Waals surface area contributed by atoms with Crippen LogP contribution in [0, 0.1) is 0 Å². The van der Waals surface area contributed by atoms with Crippen molar-refractivity contribution < 1.29 is 9.84 Å². The summed E-state index contributed by atoms with van der Waals surface area (Å²) in [5, 5.41) is 19.7. The standard InChI is InChI=1S/C21H18N4O2S2/c26-17-7-3-15(4-8-17)23-24-19-13-18-21(29-19)22-20(28-18)14-1-5-16(6-2-14)25-9-11-27-12-10-25/h1-8,13,26H,9-12H2. The number of thiazole rings is 1. The number of thiophene rings is 1. The molecule has 0 saturated carbocycles. The van der Waals surface area contributed by atoms with Crippen LogP contribution in [-0.4, -0.2) is 36.4 Å². The maximum Gasteiger partial charge on any atom is 0.142 e. The minimum atomic E-state index is 0.218. The Balaban J connectivity index is 1.33. The fourth-order valence-corrected chi connectivity index (χ4v) is 5.20. The molecule has 29 heavy (non-hydrogen) atoms. The summed E-state index contributed by atoms with van der Waals surface area (Å²) in [4.78, 5) is 8.10. The lowest BCUT2D eigenvalue weighted by Gasteiger charge is -2.28. The molecule has 0 spiro atoms. The molecule has 3 heterocycles.